The van der Waals surface area contributed by atoms with Gasteiger partial charge in [-0.3, -0.25) is 9.59 Å². The quantitative estimate of drug-likeness (QED) is 0.552. The van der Waals surface area contributed by atoms with E-state index in [0.29, 0.717) is 12.8 Å². The number of carbonyl (C=O) groups is 2. The Bertz CT molecular complexity index is 272. The van der Waals surface area contributed by atoms with Gasteiger partial charge < -0.3 is 9.47 Å². The smallest absolute Gasteiger partial charge is 0.309 e. The molecule has 0 aromatic carbocycles. The van der Waals surface area contributed by atoms with E-state index in [2.05, 4.69) is 0 Å². The lowest BCUT2D eigenvalue weighted by atomic mass is 9.71. The monoisotopic (exact) mass is 198 g/mol. The zero-order valence-electron chi connectivity index (χ0n) is 8.46. The molecule has 2 aliphatic heterocycles. The molecule has 0 atom stereocenters. The molecule has 2 fully saturated rings. The molecule has 0 unspecified atom stereocenters. The summed E-state index contributed by atoms with van der Waals surface area (Å²) in [6.45, 7) is 3.69. The highest BCUT2D eigenvalue weighted by Gasteiger charge is 2.56. The molecule has 0 spiro atoms. The zero-order chi connectivity index (χ0) is 10.4. The van der Waals surface area contributed by atoms with E-state index in [1.165, 1.54) is 0 Å². The minimum Gasteiger partial charge on any atom is -0.422 e. The standard InChI is InChI=1S/C10H14O4/c1-9-5-3-7(11)13-10(9,2)14-8(12)4-6-9/h3-6H2,1-2H3. The highest BCUT2D eigenvalue weighted by atomic mass is 16.7. The zero-order valence-corrected chi connectivity index (χ0v) is 8.46. The van der Waals surface area contributed by atoms with Crippen LogP contribution < -0.4 is 0 Å². The van der Waals surface area contributed by atoms with Crippen LogP contribution in [0.15, 0.2) is 0 Å². The Labute approximate surface area is 82.6 Å². The second-order valence-corrected chi connectivity index (χ2v) is 4.45. The Hall–Kier alpha value is -1.06. The predicted octanol–water partition coefficient (Wildman–Crippen LogP) is 1.38. The fourth-order valence-electron chi connectivity index (χ4n) is 2.14. The molecule has 2 heterocycles. The van der Waals surface area contributed by atoms with Gasteiger partial charge in [-0.15, -0.1) is 0 Å². The van der Waals surface area contributed by atoms with Gasteiger partial charge in [0.05, 0.1) is 0 Å². The van der Waals surface area contributed by atoms with Crippen LogP contribution in [0.1, 0.15) is 39.5 Å². The average Bonchev–Trinajstić information content (AvgIpc) is 2.08. The molecule has 0 saturated carbocycles. The molecule has 0 aliphatic carbocycles. The van der Waals surface area contributed by atoms with E-state index >= 15 is 0 Å². The van der Waals surface area contributed by atoms with Gasteiger partial charge in [-0.25, -0.2) is 0 Å². The molecule has 0 aromatic heterocycles. The van der Waals surface area contributed by atoms with Crippen molar-refractivity contribution in [1.29, 1.82) is 0 Å². The first-order valence-electron chi connectivity index (χ1n) is 4.89. The molecule has 0 bridgehead atoms. The third-order valence-corrected chi connectivity index (χ3v) is 3.48. The molecule has 2 saturated heterocycles. The predicted molar refractivity (Wildman–Crippen MR) is 47.2 cm³/mol. The summed E-state index contributed by atoms with van der Waals surface area (Å²) in [5, 5.41) is 0. The van der Waals surface area contributed by atoms with Gasteiger partial charge in [0, 0.05) is 25.2 Å². The van der Waals surface area contributed by atoms with Crippen LogP contribution in [0.4, 0.5) is 0 Å². The molecule has 0 amide bonds. The maximum atomic E-state index is 11.2. The Balaban J connectivity index is 2.29. The first-order chi connectivity index (χ1) is 6.45. The maximum Gasteiger partial charge on any atom is 0.309 e. The first kappa shape index (κ1) is 9.49. The minimum atomic E-state index is -1.04. The Morgan fingerprint density at radius 3 is 1.86 bits per heavy atom. The van der Waals surface area contributed by atoms with Crippen LogP contribution in [0.3, 0.4) is 0 Å². The molecule has 0 aromatic rings. The lowest BCUT2D eigenvalue weighted by molar-refractivity contribution is -0.288. The van der Waals surface area contributed by atoms with Crippen LogP contribution in [0, 0.1) is 5.41 Å². The van der Waals surface area contributed by atoms with Crippen molar-refractivity contribution in [1.82, 2.24) is 0 Å². The van der Waals surface area contributed by atoms with Gasteiger partial charge in [-0.1, -0.05) is 6.92 Å². The van der Waals surface area contributed by atoms with Crippen molar-refractivity contribution in [2.45, 2.75) is 45.3 Å². The van der Waals surface area contributed by atoms with Gasteiger partial charge in [0.15, 0.2) is 0 Å². The molecular formula is C10H14O4. The molecular weight excluding hydrogens is 184 g/mol. The van der Waals surface area contributed by atoms with E-state index in [0.717, 1.165) is 12.8 Å². The highest BCUT2D eigenvalue weighted by Crippen LogP contribution is 2.49. The van der Waals surface area contributed by atoms with Crippen LogP contribution in [0.2, 0.25) is 0 Å². The van der Waals surface area contributed by atoms with E-state index < -0.39 is 5.79 Å². The van der Waals surface area contributed by atoms with Crippen molar-refractivity contribution in [3.8, 4) is 0 Å². The second kappa shape index (κ2) is 2.72. The van der Waals surface area contributed by atoms with Gasteiger partial charge in [-0.2, -0.15) is 0 Å². The summed E-state index contributed by atoms with van der Waals surface area (Å²) in [6, 6.07) is 0. The van der Waals surface area contributed by atoms with E-state index in [9.17, 15) is 9.59 Å². The number of hydrogen-bond acceptors (Lipinski definition) is 4. The van der Waals surface area contributed by atoms with Crippen molar-refractivity contribution in [3.05, 3.63) is 0 Å². The summed E-state index contributed by atoms with van der Waals surface area (Å²) in [6.07, 6.45) is 2.30. The Morgan fingerprint density at radius 1 is 1.00 bits per heavy atom. The molecule has 2 rings (SSSR count). The van der Waals surface area contributed by atoms with Crippen LogP contribution in [-0.2, 0) is 19.1 Å². The number of esters is 2. The summed E-state index contributed by atoms with van der Waals surface area (Å²) in [5.74, 6) is -1.60. The van der Waals surface area contributed by atoms with Crippen molar-refractivity contribution in [2.75, 3.05) is 0 Å². The normalized spacial score (nSPS) is 42.4. The summed E-state index contributed by atoms with van der Waals surface area (Å²) >= 11 is 0. The molecule has 4 heteroatoms. The third-order valence-electron chi connectivity index (χ3n) is 3.48. The SMILES string of the molecule is CC12CCC(=O)OC1(C)OC(=O)CC2. The largest absolute Gasteiger partial charge is 0.422 e. The summed E-state index contributed by atoms with van der Waals surface area (Å²) in [5.41, 5.74) is -0.213. The van der Waals surface area contributed by atoms with Crippen molar-refractivity contribution in [2.24, 2.45) is 5.41 Å². The Kier molecular flexibility index (Phi) is 1.84. The average molecular weight is 198 g/mol. The topological polar surface area (TPSA) is 52.6 Å². The Morgan fingerprint density at radius 2 is 1.43 bits per heavy atom. The van der Waals surface area contributed by atoms with Crippen molar-refractivity contribution < 1.29 is 19.1 Å². The van der Waals surface area contributed by atoms with Gasteiger partial charge in [0.25, 0.3) is 5.79 Å². The van der Waals surface area contributed by atoms with E-state index in [1.54, 1.807) is 6.92 Å². The minimum absolute atomic E-state index is 0.213. The van der Waals surface area contributed by atoms with Gasteiger partial charge in [0.2, 0.25) is 0 Å². The number of carbonyl (C=O) groups excluding carboxylic acids is 2. The number of fused-ring (bicyclic) bond motifs is 1. The first-order valence-corrected chi connectivity index (χ1v) is 4.89. The van der Waals surface area contributed by atoms with E-state index in [-0.39, 0.29) is 17.4 Å². The van der Waals surface area contributed by atoms with Crippen LogP contribution in [-0.4, -0.2) is 17.7 Å². The fourth-order valence-corrected chi connectivity index (χ4v) is 2.14. The molecule has 2 aliphatic rings. The van der Waals surface area contributed by atoms with Crippen LogP contribution >= 0.6 is 0 Å². The third kappa shape index (κ3) is 1.21. The summed E-state index contributed by atoms with van der Waals surface area (Å²) in [7, 11) is 0. The van der Waals surface area contributed by atoms with Gasteiger partial charge >= 0.3 is 11.9 Å². The molecule has 0 N–H and O–H groups in total. The summed E-state index contributed by atoms with van der Waals surface area (Å²) in [4.78, 5) is 22.3. The van der Waals surface area contributed by atoms with Gasteiger partial charge in [0.1, 0.15) is 0 Å². The number of ether oxygens (including phenoxy) is 2. The molecule has 0 radical (unpaired) electrons. The second-order valence-electron chi connectivity index (χ2n) is 4.45. The lowest BCUT2D eigenvalue weighted by Crippen LogP contribution is -2.56. The number of rotatable bonds is 0. The van der Waals surface area contributed by atoms with E-state index in [4.69, 9.17) is 9.47 Å². The summed E-state index contributed by atoms with van der Waals surface area (Å²) < 4.78 is 10.3. The van der Waals surface area contributed by atoms with Crippen LogP contribution in [0.25, 0.3) is 0 Å². The number of hydrogen-bond donors (Lipinski definition) is 0. The lowest BCUT2D eigenvalue weighted by Gasteiger charge is -2.49. The fraction of sp³-hybridized carbons (Fsp3) is 0.800. The van der Waals surface area contributed by atoms with Gasteiger partial charge in [-0.05, 0) is 12.8 Å². The van der Waals surface area contributed by atoms with Crippen molar-refractivity contribution >= 4 is 11.9 Å². The molecule has 78 valence electrons. The van der Waals surface area contributed by atoms with E-state index in [1.807, 2.05) is 6.92 Å². The molecule has 4 nitrogen and oxygen atoms in total. The highest BCUT2D eigenvalue weighted by molar-refractivity contribution is 5.74. The molecule has 14 heavy (non-hydrogen) atoms. The van der Waals surface area contributed by atoms with Crippen molar-refractivity contribution in [3.63, 3.8) is 0 Å². The maximum absolute atomic E-state index is 11.2. The van der Waals surface area contributed by atoms with Crippen LogP contribution in [0.5, 0.6) is 0 Å².